The van der Waals surface area contributed by atoms with Crippen LogP contribution in [0.2, 0.25) is 0 Å². The number of nitrogens with zero attached hydrogens (tertiary/aromatic N) is 1. The smallest absolute Gasteiger partial charge is 0.302 e. The van der Waals surface area contributed by atoms with E-state index in [2.05, 4.69) is 0 Å². The number of anilines is 1. The lowest BCUT2D eigenvalue weighted by atomic mass is 9.77. The predicted molar refractivity (Wildman–Crippen MR) is 85.8 cm³/mol. The van der Waals surface area contributed by atoms with Crippen LogP contribution in [0, 0.1) is 11.8 Å². The van der Waals surface area contributed by atoms with E-state index in [0.29, 0.717) is 11.4 Å². The summed E-state index contributed by atoms with van der Waals surface area (Å²) in [5.74, 6) is -1.84. The van der Waals surface area contributed by atoms with Crippen LogP contribution in [0.5, 0.6) is 5.75 Å². The van der Waals surface area contributed by atoms with Crippen molar-refractivity contribution in [1.82, 2.24) is 0 Å². The van der Waals surface area contributed by atoms with Gasteiger partial charge in [-0.3, -0.25) is 14.4 Å². The largest absolute Gasteiger partial charge is 0.497 e. The number of carbonyl (C=O) groups is 3. The molecule has 2 saturated heterocycles. The Morgan fingerprint density at radius 2 is 2.12 bits per heavy atom. The fourth-order valence-electron chi connectivity index (χ4n) is 3.89. The first-order valence-corrected chi connectivity index (χ1v) is 7.99. The second kappa shape index (κ2) is 5.42. The summed E-state index contributed by atoms with van der Waals surface area (Å²) in [6, 6.07) is 6.80. The molecule has 4 atom stereocenters. The lowest BCUT2D eigenvalue weighted by molar-refractivity contribution is -0.150. The van der Waals surface area contributed by atoms with E-state index in [4.69, 9.17) is 14.2 Å². The van der Waals surface area contributed by atoms with Crippen molar-refractivity contribution in [3.8, 4) is 5.75 Å². The second-order valence-corrected chi connectivity index (χ2v) is 6.39. The van der Waals surface area contributed by atoms with Gasteiger partial charge >= 0.3 is 5.97 Å². The third-order valence-electron chi connectivity index (χ3n) is 4.97. The maximum Gasteiger partial charge on any atom is 0.302 e. The summed E-state index contributed by atoms with van der Waals surface area (Å²) >= 11 is 0. The van der Waals surface area contributed by atoms with Gasteiger partial charge in [-0.25, -0.2) is 4.90 Å². The number of methoxy groups -OCH3 is 1. The highest BCUT2D eigenvalue weighted by molar-refractivity contribution is 6.23. The van der Waals surface area contributed by atoms with E-state index in [1.54, 1.807) is 36.4 Å². The average molecular weight is 343 g/mol. The van der Waals surface area contributed by atoms with Crippen LogP contribution in [-0.4, -0.2) is 43.2 Å². The van der Waals surface area contributed by atoms with Crippen LogP contribution >= 0.6 is 0 Å². The van der Waals surface area contributed by atoms with E-state index in [9.17, 15) is 14.4 Å². The Morgan fingerprint density at radius 3 is 2.84 bits per heavy atom. The van der Waals surface area contributed by atoms with Gasteiger partial charge in [0.2, 0.25) is 11.8 Å². The molecule has 1 aromatic rings. The van der Waals surface area contributed by atoms with Crippen LogP contribution in [0.3, 0.4) is 0 Å². The summed E-state index contributed by atoms with van der Waals surface area (Å²) in [5.41, 5.74) is -0.604. The minimum absolute atomic E-state index is 0.0819. The first-order chi connectivity index (χ1) is 12.0. The van der Waals surface area contributed by atoms with Gasteiger partial charge in [0.15, 0.2) is 0 Å². The average Bonchev–Trinajstić information content (AvgIpc) is 3.24. The van der Waals surface area contributed by atoms with Gasteiger partial charge in [0.05, 0.1) is 30.7 Å². The molecule has 1 aromatic carbocycles. The Bertz CT molecular complexity index is 803. The van der Waals surface area contributed by atoms with Gasteiger partial charge in [-0.1, -0.05) is 12.1 Å². The van der Waals surface area contributed by atoms with E-state index in [0.717, 1.165) is 0 Å². The maximum absolute atomic E-state index is 13.0. The molecule has 2 amide bonds. The molecule has 7 heteroatoms. The molecule has 0 spiro atoms. The molecule has 0 N–H and O–H groups in total. The zero-order valence-corrected chi connectivity index (χ0v) is 13.8. The highest BCUT2D eigenvalue weighted by atomic mass is 16.6. The Morgan fingerprint density at radius 1 is 1.32 bits per heavy atom. The summed E-state index contributed by atoms with van der Waals surface area (Å²) in [7, 11) is 1.52. The van der Waals surface area contributed by atoms with Crippen LogP contribution in [-0.2, 0) is 23.9 Å². The van der Waals surface area contributed by atoms with Crippen molar-refractivity contribution in [1.29, 1.82) is 0 Å². The second-order valence-electron chi connectivity index (χ2n) is 6.39. The van der Waals surface area contributed by atoms with Crippen molar-refractivity contribution in [3.63, 3.8) is 0 Å². The van der Waals surface area contributed by atoms with Crippen LogP contribution in [0.25, 0.3) is 0 Å². The molecule has 3 aliphatic rings. The van der Waals surface area contributed by atoms with E-state index >= 15 is 0 Å². The number of hydrogen-bond donors (Lipinski definition) is 0. The third kappa shape index (κ3) is 2.19. The van der Waals surface area contributed by atoms with Crippen LogP contribution < -0.4 is 9.64 Å². The topological polar surface area (TPSA) is 82.1 Å². The number of esters is 1. The predicted octanol–water partition coefficient (Wildman–Crippen LogP) is 1.07. The van der Waals surface area contributed by atoms with E-state index < -0.39 is 29.5 Å². The third-order valence-corrected chi connectivity index (χ3v) is 4.97. The summed E-state index contributed by atoms with van der Waals surface area (Å²) in [6.45, 7) is 1.21. The molecule has 2 bridgehead atoms. The molecule has 0 unspecified atom stereocenters. The standard InChI is InChI=1S/C18H17NO6/c1-10(20)24-9-18-7-6-13(25-18)14-15(18)17(22)19(16(14)21)11-4-3-5-12(8-11)23-2/h3-8,13-15H,9H2,1-2H3/t13-,14-,15-,18+/m1/s1. The Hall–Kier alpha value is -2.67. The van der Waals surface area contributed by atoms with Crippen molar-refractivity contribution in [2.75, 3.05) is 18.6 Å². The maximum atomic E-state index is 13.0. The number of hydrogen-bond acceptors (Lipinski definition) is 6. The van der Waals surface area contributed by atoms with Gasteiger partial charge in [0, 0.05) is 13.0 Å². The van der Waals surface area contributed by atoms with Gasteiger partial charge < -0.3 is 14.2 Å². The fourth-order valence-corrected chi connectivity index (χ4v) is 3.89. The van der Waals surface area contributed by atoms with Crippen molar-refractivity contribution < 1.29 is 28.6 Å². The number of carbonyl (C=O) groups excluding carboxylic acids is 3. The van der Waals surface area contributed by atoms with Gasteiger partial charge in [0.1, 0.15) is 18.0 Å². The summed E-state index contributed by atoms with van der Waals surface area (Å²) in [6.07, 6.45) is 3.03. The minimum Gasteiger partial charge on any atom is -0.497 e. The molecule has 0 radical (unpaired) electrons. The normalized spacial score (nSPS) is 32.2. The van der Waals surface area contributed by atoms with E-state index in [1.165, 1.54) is 18.9 Å². The molecule has 3 aliphatic heterocycles. The van der Waals surface area contributed by atoms with E-state index in [-0.39, 0.29) is 18.4 Å². The van der Waals surface area contributed by atoms with Crippen molar-refractivity contribution in [2.24, 2.45) is 11.8 Å². The van der Waals surface area contributed by atoms with Crippen LogP contribution in [0.15, 0.2) is 36.4 Å². The molecular weight excluding hydrogens is 326 g/mol. The monoisotopic (exact) mass is 343 g/mol. The van der Waals surface area contributed by atoms with Gasteiger partial charge in [0.25, 0.3) is 0 Å². The van der Waals surface area contributed by atoms with Crippen LogP contribution in [0.4, 0.5) is 5.69 Å². The number of fused-ring (bicyclic) bond motifs is 5. The van der Waals surface area contributed by atoms with Gasteiger partial charge in [-0.2, -0.15) is 0 Å². The SMILES string of the molecule is COc1cccc(N2C(=O)[C@@H]3[C@H]4C=C[C@@](COC(C)=O)(O4)[C@H]3C2=O)c1. The number of ether oxygens (including phenoxy) is 3. The quantitative estimate of drug-likeness (QED) is 0.462. The number of imide groups is 1. The summed E-state index contributed by atoms with van der Waals surface area (Å²) in [4.78, 5) is 38.3. The lowest BCUT2D eigenvalue weighted by Crippen LogP contribution is -2.44. The highest BCUT2D eigenvalue weighted by Gasteiger charge is 2.68. The molecule has 25 heavy (non-hydrogen) atoms. The first-order valence-electron chi connectivity index (χ1n) is 7.99. The first kappa shape index (κ1) is 15.8. The molecule has 7 nitrogen and oxygen atoms in total. The van der Waals surface area contributed by atoms with Crippen LogP contribution in [0.1, 0.15) is 6.92 Å². The molecule has 3 heterocycles. The summed E-state index contributed by atoms with van der Waals surface area (Å²) < 4.78 is 16.1. The fraction of sp³-hybridized carbons (Fsp3) is 0.389. The highest BCUT2D eigenvalue weighted by Crippen LogP contribution is 2.52. The van der Waals surface area contributed by atoms with Crippen molar-refractivity contribution >= 4 is 23.5 Å². The molecule has 130 valence electrons. The molecule has 0 aromatic heterocycles. The van der Waals surface area contributed by atoms with Gasteiger partial charge in [-0.05, 0) is 18.2 Å². The molecule has 4 rings (SSSR count). The van der Waals surface area contributed by atoms with Crippen molar-refractivity contribution in [2.45, 2.75) is 18.6 Å². The van der Waals surface area contributed by atoms with E-state index in [1.807, 2.05) is 0 Å². The Labute approximate surface area is 144 Å². The number of benzene rings is 1. The van der Waals surface area contributed by atoms with Gasteiger partial charge in [-0.15, -0.1) is 0 Å². The number of amides is 2. The Balaban J connectivity index is 1.69. The lowest BCUT2D eigenvalue weighted by Gasteiger charge is -2.28. The molecular formula is C18H17NO6. The zero-order chi connectivity index (χ0) is 17.8. The zero-order valence-electron chi connectivity index (χ0n) is 13.8. The molecule has 0 aliphatic carbocycles. The minimum atomic E-state index is -1.07. The molecule has 0 saturated carbocycles. The Kier molecular flexibility index (Phi) is 3.43. The number of rotatable bonds is 4. The summed E-state index contributed by atoms with van der Waals surface area (Å²) in [5, 5.41) is 0. The molecule has 2 fully saturated rings. The van der Waals surface area contributed by atoms with Crippen molar-refractivity contribution in [3.05, 3.63) is 36.4 Å².